The fourth-order valence-corrected chi connectivity index (χ4v) is 8.04. The Morgan fingerprint density at radius 2 is 1.02 bits per heavy atom. The van der Waals surface area contributed by atoms with E-state index in [1.54, 1.807) is 0 Å². The fourth-order valence-electron chi connectivity index (χ4n) is 8.04. The van der Waals surface area contributed by atoms with Gasteiger partial charge in [0.05, 0.1) is 38.8 Å². The minimum absolute atomic E-state index is 0.671. The summed E-state index contributed by atoms with van der Waals surface area (Å²) in [6.45, 7) is 0. The summed E-state index contributed by atoms with van der Waals surface area (Å²) in [6.07, 6.45) is 0. The van der Waals surface area contributed by atoms with Crippen LogP contribution >= 0.6 is 0 Å². The van der Waals surface area contributed by atoms with Gasteiger partial charge in [-0.25, -0.2) is 9.97 Å². The molecule has 0 fully saturated rings. The van der Waals surface area contributed by atoms with Crippen molar-refractivity contribution in [3.8, 4) is 28.3 Å². The summed E-state index contributed by atoms with van der Waals surface area (Å²) in [6, 6.07) is 56.4. The van der Waals surface area contributed by atoms with E-state index < -0.39 is 0 Å². The molecule has 7 aromatic carbocycles. The minimum atomic E-state index is 0.671. The predicted octanol–water partition coefficient (Wildman–Crippen LogP) is 11.2. The van der Waals surface area contributed by atoms with Gasteiger partial charge in [-0.15, -0.1) is 0 Å². The van der Waals surface area contributed by atoms with Crippen LogP contribution in [-0.2, 0) is 0 Å². The van der Waals surface area contributed by atoms with Crippen molar-refractivity contribution in [3.63, 3.8) is 0 Å². The van der Waals surface area contributed by atoms with Gasteiger partial charge in [-0.05, 0) is 47.5 Å². The highest BCUT2D eigenvalue weighted by atomic mass is 15.2. The standard InChI is InChI=1S/C44H26N4/c1-2-12-27(13-3-1)42-33-16-4-8-18-36(33)45-44(46-42)48-38-20-10-6-15-31(38)35-26-28(22-25-40(35)48)29-23-24-32-30-14-5-9-19-37(30)47-39-21-11-7-17-34(39)41(29)43(32)47/h1-26H. The summed E-state index contributed by atoms with van der Waals surface area (Å²) in [5.41, 5.74) is 11.3. The first-order chi connectivity index (χ1) is 23.8. The predicted molar refractivity (Wildman–Crippen MR) is 199 cm³/mol. The fraction of sp³-hybridized carbons (Fsp3) is 0. The number of para-hydroxylation sites is 4. The van der Waals surface area contributed by atoms with E-state index in [0.717, 1.165) is 33.2 Å². The molecule has 222 valence electrons. The van der Waals surface area contributed by atoms with Crippen LogP contribution in [0.25, 0.3) is 99.1 Å². The van der Waals surface area contributed by atoms with Crippen LogP contribution in [0, 0.1) is 0 Å². The number of rotatable bonds is 3. The zero-order valence-electron chi connectivity index (χ0n) is 25.8. The summed E-state index contributed by atoms with van der Waals surface area (Å²) >= 11 is 0. The first-order valence-corrected chi connectivity index (χ1v) is 16.4. The molecule has 0 saturated carbocycles. The van der Waals surface area contributed by atoms with Gasteiger partial charge in [-0.3, -0.25) is 4.57 Å². The zero-order chi connectivity index (χ0) is 31.3. The molecule has 11 rings (SSSR count). The first-order valence-electron chi connectivity index (χ1n) is 16.4. The third-order valence-electron chi connectivity index (χ3n) is 10.1. The lowest BCUT2D eigenvalue weighted by Crippen LogP contribution is -2.03. The molecule has 0 saturated heterocycles. The summed E-state index contributed by atoms with van der Waals surface area (Å²) in [4.78, 5) is 10.4. The van der Waals surface area contributed by atoms with Crippen molar-refractivity contribution in [2.75, 3.05) is 0 Å². The van der Waals surface area contributed by atoms with Gasteiger partial charge in [0.2, 0.25) is 5.95 Å². The maximum absolute atomic E-state index is 5.26. The van der Waals surface area contributed by atoms with Crippen molar-refractivity contribution in [2.45, 2.75) is 0 Å². The number of hydrogen-bond donors (Lipinski definition) is 0. The Morgan fingerprint density at radius 3 is 1.83 bits per heavy atom. The summed E-state index contributed by atoms with van der Waals surface area (Å²) < 4.78 is 4.67. The minimum Gasteiger partial charge on any atom is -0.308 e. The smallest absolute Gasteiger partial charge is 0.235 e. The molecular weight excluding hydrogens is 585 g/mol. The molecule has 48 heavy (non-hydrogen) atoms. The Bertz CT molecular complexity index is 3060. The van der Waals surface area contributed by atoms with Crippen molar-refractivity contribution < 1.29 is 0 Å². The Labute approximate surface area is 275 Å². The summed E-state index contributed by atoms with van der Waals surface area (Å²) in [5.74, 6) is 0.671. The molecule has 4 nitrogen and oxygen atoms in total. The third kappa shape index (κ3) is 3.38. The van der Waals surface area contributed by atoms with Crippen LogP contribution in [0.1, 0.15) is 0 Å². The quantitative estimate of drug-likeness (QED) is 0.199. The molecule has 4 aromatic heterocycles. The van der Waals surface area contributed by atoms with E-state index in [-0.39, 0.29) is 0 Å². The monoisotopic (exact) mass is 610 g/mol. The van der Waals surface area contributed by atoms with Crippen LogP contribution in [0.5, 0.6) is 0 Å². The van der Waals surface area contributed by atoms with Crippen LogP contribution in [0.3, 0.4) is 0 Å². The molecule has 4 heterocycles. The molecule has 0 atom stereocenters. The lowest BCUT2D eigenvalue weighted by atomic mass is 9.96. The van der Waals surface area contributed by atoms with E-state index in [9.17, 15) is 0 Å². The lowest BCUT2D eigenvalue weighted by Gasteiger charge is -2.12. The molecule has 0 radical (unpaired) electrons. The van der Waals surface area contributed by atoms with E-state index >= 15 is 0 Å². The SMILES string of the molecule is c1ccc(-c2nc(-n3c4ccccc4c4cc(-c5ccc6c7ccccc7n7c8ccccc8c5c67)ccc43)nc3ccccc23)cc1. The molecule has 0 aliphatic heterocycles. The Balaban J connectivity index is 1.20. The Kier molecular flexibility index (Phi) is 5.08. The van der Waals surface area contributed by atoms with E-state index in [0.29, 0.717) is 5.95 Å². The summed E-state index contributed by atoms with van der Waals surface area (Å²) in [7, 11) is 0. The van der Waals surface area contributed by atoms with E-state index in [4.69, 9.17) is 9.97 Å². The van der Waals surface area contributed by atoms with E-state index in [1.807, 2.05) is 12.1 Å². The second-order valence-electron chi connectivity index (χ2n) is 12.6. The van der Waals surface area contributed by atoms with Gasteiger partial charge < -0.3 is 4.40 Å². The van der Waals surface area contributed by atoms with Gasteiger partial charge in [-0.2, -0.15) is 0 Å². The number of aromatic nitrogens is 4. The van der Waals surface area contributed by atoms with Crippen molar-refractivity contribution in [1.82, 2.24) is 18.9 Å². The van der Waals surface area contributed by atoms with Crippen LogP contribution < -0.4 is 0 Å². The molecule has 0 N–H and O–H groups in total. The van der Waals surface area contributed by atoms with Gasteiger partial charge >= 0.3 is 0 Å². The Morgan fingerprint density at radius 1 is 0.396 bits per heavy atom. The molecule has 0 aliphatic rings. The largest absolute Gasteiger partial charge is 0.308 e. The molecule has 0 bridgehead atoms. The zero-order valence-corrected chi connectivity index (χ0v) is 25.8. The van der Waals surface area contributed by atoms with E-state index in [2.05, 4.69) is 155 Å². The number of hydrogen-bond acceptors (Lipinski definition) is 2. The molecule has 0 spiro atoms. The normalized spacial score (nSPS) is 12.2. The second kappa shape index (κ2) is 9.50. The second-order valence-corrected chi connectivity index (χ2v) is 12.6. The van der Waals surface area contributed by atoms with Crippen molar-refractivity contribution >= 4 is 70.8 Å². The number of fused-ring (bicyclic) bond motifs is 10. The van der Waals surface area contributed by atoms with Crippen LogP contribution in [0.4, 0.5) is 0 Å². The number of nitrogens with zero attached hydrogens (tertiary/aromatic N) is 4. The highest BCUT2D eigenvalue weighted by Crippen LogP contribution is 2.44. The van der Waals surface area contributed by atoms with Crippen LogP contribution in [0.15, 0.2) is 158 Å². The lowest BCUT2D eigenvalue weighted by molar-refractivity contribution is 1.01. The van der Waals surface area contributed by atoms with Crippen molar-refractivity contribution in [2.24, 2.45) is 0 Å². The van der Waals surface area contributed by atoms with Crippen molar-refractivity contribution in [3.05, 3.63) is 158 Å². The van der Waals surface area contributed by atoms with Crippen molar-refractivity contribution in [1.29, 1.82) is 0 Å². The highest BCUT2D eigenvalue weighted by molar-refractivity contribution is 6.27. The highest BCUT2D eigenvalue weighted by Gasteiger charge is 2.22. The van der Waals surface area contributed by atoms with E-state index in [1.165, 1.54) is 60.0 Å². The molecule has 11 aromatic rings. The van der Waals surface area contributed by atoms with Gasteiger partial charge in [0.25, 0.3) is 0 Å². The average molecular weight is 611 g/mol. The Hall–Kier alpha value is -6.52. The van der Waals surface area contributed by atoms with Gasteiger partial charge in [0.15, 0.2) is 0 Å². The molecule has 4 heteroatoms. The molecule has 0 amide bonds. The van der Waals surface area contributed by atoms with Gasteiger partial charge in [0, 0.05) is 43.3 Å². The molecular formula is C44H26N4. The van der Waals surface area contributed by atoms with Crippen LogP contribution in [-0.4, -0.2) is 18.9 Å². The molecule has 0 aliphatic carbocycles. The molecule has 0 unspecified atom stereocenters. The van der Waals surface area contributed by atoms with Gasteiger partial charge in [-0.1, -0.05) is 121 Å². The average Bonchev–Trinajstić information content (AvgIpc) is 3.80. The first kappa shape index (κ1) is 25.6. The maximum Gasteiger partial charge on any atom is 0.235 e. The number of benzene rings is 7. The third-order valence-corrected chi connectivity index (χ3v) is 10.1. The van der Waals surface area contributed by atoms with Gasteiger partial charge in [0.1, 0.15) is 0 Å². The maximum atomic E-state index is 5.26. The van der Waals surface area contributed by atoms with Crippen LogP contribution in [0.2, 0.25) is 0 Å². The summed E-state index contributed by atoms with van der Waals surface area (Å²) in [5, 5.41) is 8.56. The topological polar surface area (TPSA) is 35.1 Å².